The molecule has 0 aromatic heterocycles. The molecule has 2 heterocycles. The van der Waals surface area contributed by atoms with Crippen molar-refractivity contribution in [1.82, 2.24) is 14.7 Å². The van der Waals surface area contributed by atoms with Gasteiger partial charge in [0.15, 0.2) is 0 Å². The van der Waals surface area contributed by atoms with Crippen LogP contribution in [0.4, 0.5) is 0 Å². The number of nitrogens with zero attached hydrogens (tertiary/aromatic N) is 3. The van der Waals surface area contributed by atoms with Gasteiger partial charge in [-0.05, 0) is 26.9 Å². The second kappa shape index (κ2) is 5.79. The molecule has 0 unspecified atom stereocenters. The van der Waals surface area contributed by atoms with Gasteiger partial charge in [0.25, 0.3) is 0 Å². The Labute approximate surface area is 126 Å². The van der Waals surface area contributed by atoms with Crippen molar-refractivity contribution in [3.63, 3.8) is 0 Å². The lowest BCUT2D eigenvalue weighted by atomic mass is 10.0. The van der Waals surface area contributed by atoms with Gasteiger partial charge >= 0.3 is 0 Å². The third-order valence-corrected chi connectivity index (χ3v) is 5.01. The number of likely N-dealkylation sites (tertiary alicyclic amines) is 2. The smallest absolute Gasteiger partial charge is 0.227 e. The first-order chi connectivity index (χ1) is 10.1. The summed E-state index contributed by atoms with van der Waals surface area (Å²) in [6, 6.07) is 0. The Morgan fingerprint density at radius 2 is 1.95 bits per heavy atom. The summed E-state index contributed by atoms with van der Waals surface area (Å²) < 4.78 is 0. The number of likely N-dealkylation sites (N-methyl/N-ethyl adjacent to an activating group) is 1. The number of hydrogen-bond donors (Lipinski definition) is 0. The Hall–Kier alpha value is -1.36. The van der Waals surface area contributed by atoms with Crippen molar-refractivity contribution in [2.45, 2.75) is 12.8 Å². The van der Waals surface area contributed by atoms with Gasteiger partial charge in [0.05, 0.1) is 5.92 Å². The van der Waals surface area contributed by atoms with Crippen LogP contribution in [0, 0.1) is 17.8 Å². The predicted molar refractivity (Wildman–Crippen MR) is 80.6 cm³/mol. The highest BCUT2D eigenvalue weighted by atomic mass is 16.2. The Morgan fingerprint density at radius 3 is 2.57 bits per heavy atom. The Balaban J connectivity index is 1.55. The molecule has 0 N–H and O–H groups in total. The standard InChI is InChI=1S/C16H25N3O2/c1-17(2)7-8-18-9-13-10-19(11-14(13)16(18)21)15(20)12-5-3-4-6-12/h3-4,12-14H,5-11H2,1-2H3/t13-,14+/m1/s1. The van der Waals surface area contributed by atoms with E-state index in [4.69, 9.17) is 0 Å². The average Bonchev–Trinajstić information content (AvgIpc) is 3.14. The van der Waals surface area contributed by atoms with Crippen LogP contribution in [0.3, 0.4) is 0 Å². The SMILES string of the molecule is CN(C)CCN1C[C@@H]2CN(C(=O)C3CC=CC3)C[C@@H]2C1=O. The van der Waals surface area contributed by atoms with Crippen LogP contribution in [0.25, 0.3) is 0 Å². The van der Waals surface area contributed by atoms with Crippen molar-refractivity contribution in [1.29, 1.82) is 0 Å². The predicted octanol–water partition coefficient (Wildman–Crippen LogP) is 0.431. The van der Waals surface area contributed by atoms with Crippen molar-refractivity contribution < 1.29 is 9.59 Å². The molecular weight excluding hydrogens is 266 g/mol. The summed E-state index contributed by atoms with van der Waals surface area (Å²) in [5.41, 5.74) is 0. The van der Waals surface area contributed by atoms with E-state index in [1.54, 1.807) is 0 Å². The zero-order valence-corrected chi connectivity index (χ0v) is 13.0. The highest BCUT2D eigenvalue weighted by Gasteiger charge is 2.47. The Morgan fingerprint density at radius 1 is 1.24 bits per heavy atom. The molecule has 0 bridgehead atoms. The maximum absolute atomic E-state index is 12.4. The van der Waals surface area contributed by atoms with Crippen molar-refractivity contribution in [2.24, 2.45) is 17.8 Å². The zero-order chi connectivity index (χ0) is 15.0. The Kier molecular flexibility index (Phi) is 4.02. The molecule has 2 amide bonds. The molecule has 2 fully saturated rings. The van der Waals surface area contributed by atoms with E-state index >= 15 is 0 Å². The maximum Gasteiger partial charge on any atom is 0.227 e. The van der Waals surface area contributed by atoms with Gasteiger partial charge in [0, 0.05) is 44.6 Å². The number of allylic oxidation sites excluding steroid dienone is 2. The first-order valence-electron chi connectivity index (χ1n) is 7.93. The lowest BCUT2D eigenvalue weighted by Crippen LogP contribution is -2.39. The van der Waals surface area contributed by atoms with Crippen LogP contribution >= 0.6 is 0 Å². The minimum Gasteiger partial charge on any atom is -0.341 e. The summed E-state index contributed by atoms with van der Waals surface area (Å²) in [7, 11) is 4.05. The Bertz CT molecular complexity index is 452. The quantitative estimate of drug-likeness (QED) is 0.706. The van der Waals surface area contributed by atoms with Gasteiger partial charge in [-0.15, -0.1) is 0 Å². The topological polar surface area (TPSA) is 43.9 Å². The lowest BCUT2D eigenvalue weighted by molar-refractivity contribution is -0.135. The summed E-state index contributed by atoms with van der Waals surface area (Å²) in [4.78, 5) is 30.9. The number of hydrogen-bond acceptors (Lipinski definition) is 3. The molecule has 0 saturated carbocycles. The molecule has 116 valence electrons. The molecule has 0 aromatic carbocycles. The van der Waals surface area contributed by atoms with Crippen LogP contribution in [0.1, 0.15) is 12.8 Å². The summed E-state index contributed by atoms with van der Waals surface area (Å²) in [6.45, 7) is 3.94. The highest BCUT2D eigenvalue weighted by Crippen LogP contribution is 2.34. The largest absolute Gasteiger partial charge is 0.341 e. The number of carbonyl (C=O) groups is 2. The summed E-state index contributed by atoms with van der Waals surface area (Å²) >= 11 is 0. The molecule has 5 heteroatoms. The summed E-state index contributed by atoms with van der Waals surface area (Å²) in [6.07, 6.45) is 5.92. The number of carbonyl (C=O) groups excluding carboxylic acids is 2. The van der Waals surface area contributed by atoms with E-state index in [0.717, 1.165) is 39.0 Å². The molecule has 3 rings (SSSR count). The molecule has 2 saturated heterocycles. The van der Waals surface area contributed by atoms with Gasteiger partial charge in [-0.2, -0.15) is 0 Å². The molecule has 1 aliphatic carbocycles. The van der Waals surface area contributed by atoms with E-state index in [0.29, 0.717) is 12.5 Å². The van der Waals surface area contributed by atoms with E-state index in [1.807, 2.05) is 23.9 Å². The minimum absolute atomic E-state index is 0.0467. The molecule has 2 atom stereocenters. The van der Waals surface area contributed by atoms with Crippen LogP contribution in [0.5, 0.6) is 0 Å². The third-order valence-electron chi connectivity index (χ3n) is 5.01. The van der Waals surface area contributed by atoms with E-state index in [1.165, 1.54) is 0 Å². The first-order valence-corrected chi connectivity index (χ1v) is 7.93. The second-order valence-corrected chi connectivity index (χ2v) is 6.84. The molecule has 21 heavy (non-hydrogen) atoms. The van der Waals surface area contributed by atoms with Crippen molar-refractivity contribution in [2.75, 3.05) is 46.8 Å². The van der Waals surface area contributed by atoms with E-state index < -0.39 is 0 Å². The van der Waals surface area contributed by atoms with Crippen LogP contribution < -0.4 is 0 Å². The van der Waals surface area contributed by atoms with Gasteiger partial charge in [0.1, 0.15) is 0 Å². The maximum atomic E-state index is 12.4. The van der Waals surface area contributed by atoms with Crippen LogP contribution in [0.2, 0.25) is 0 Å². The molecule has 5 nitrogen and oxygen atoms in total. The fourth-order valence-corrected chi connectivity index (χ4v) is 3.72. The van der Waals surface area contributed by atoms with Crippen LogP contribution in [-0.2, 0) is 9.59 Å². The number of amides is 2. The molecular formula is C16H25N3O2. The summed E-state index contributed by atoms with van der Waals surface area (Å²) in [5, 5.41) is 0. The second-order valence-electron chi connectivity index (χ2n) is 6.84. The molecule has 0 spiro atoms. The van der Waals surface area contributed by atoms with Crippen molar-refractivity contribution in [3.05, 3.63) is 12.2 Å². The lowest BCUT2D eigenvalue weighted by Gasteiger charge is -2.24. The normalized spacial score (nSPS) is 29.0. The van der Waals surface area contributed by atoms with Gasteiger partial charge in [-0.1, -0.05) is 12.2 Å². The van der Waals surface area contributed by atoms with Gasteiger partial charge in [-0.25, -0.2) is 0 Å². The molecule has 0 aromatic rings. The van der Waals surface area contributed by atoms with Gasteiger partial charge < -0.3 is 14.7 Å². The van der Waals surface area contributed by atoms with Crippen molar-refractivity contribution in [3.8, 4) is 0 Å². The van der Waals surface area contributed by atoms with Crippen LogP contribution in [0.15, 0.2) is 12.2 Å². The molecule has 0 radical (unpaired) electrons. The van der Waals surface area contributed by atoms with Gasteiger partial charge in [0.2, 0.25) is 11.8 Å². The monoisotopic (exact) mass is 291 g/mol. The molecule has 3 aliphatic rings. The minimum atomic E-state index is 0.0467. The highest BCUT2D eigenvalue weighted by molar-refractivity contribution is 5.85. The van der Waals surface area contributed by atoms with E-state index in [9.17, 15) is 9.59 Å². The zero-order valence-electron chi connectivity index (χ0n) is 13.0. The van der Waals surface area contributed by atoms with Gasteiger partial charge in [-0.3, -0.25) is 9.59 Å². The van der Waals surface area contributed by atoms with Crippen LogP contribution in [-0.4, -0.2) is 73.3 Å². The third kappa shape index (κ3) is 2.84. The number of fused-ring (bicyclic) bond motifs is 1. The number of rotatable bonds is 4. The average molecular weight is 291 g/mol. The fourth-order valence-electron chi connectivity index (χ4n) is 3.72. The summed E-state index contributed by atoms with van der Waals surface area (Å²) in [5.74, 6) is 1.02. The molecule has 2 aliphatic heterocycles. The van der Waals surface area contributed by atoms with E-state index in [-0.39, 0.29) is 23.7 Å². The first kappa shape index (κ1) is 14.6. The van der Waals surface area contributed by atoms with Crippen molar-refractivity contribution >= 4 is 11.8 Å². The fraction of sp³-hybridized carbons (Fsp3) is 0.750. The van der Waals surface area contributed by atoms with E-state index in [2.05, 4.69) is 17.1 Å².